The van der Waals surface area contributed by atoms with Crippen molar-refractivity contribution in [3.63, 3.8) is 0 Å². The highest BCUT2D eigenvalue weighted by molar-refractivity contribution is 5.85. The molecule has 0 aromatic heterocycles. The second-order valence-electron chi connectivity index (χ2n) is 5.22. The van der Waals surface area contributed by atoms with Crippen LogP contribution in [0.25, 0.3) is 0 Å². The molecule has 0 radical (unpaired) electrons. The lowest BCUT2D eigenvalue weighted by molar-refractivity contribution is -0.124. The lowest BCUT2D eigenvalue weighted by Crippen LogP contribution is -2.46. The van der Waals surface area contributed by atoms with Crippen LogP contribution in [0.5, 0.6) is 0 Å². The summed E-state index contributed by atoms with van der Waals surface area (Å²) in [4.78, 5) is 11.8. The number of alkyl halides is 2. The van der Waals surface area contributed by atoms with Gasteiger partial charge in [-0.25, -0.2) is 8.78 Å². The number of rotatable bonds is 5. The van der Waals surface area contributed by atoms with Gasteiger partial charge in [0, 0.05) is 19.1 Å². The summed E-state index contributed by atoms with van der Waals surface area (Å²) in [5, 5.41) is 5.21. The van der Waals surface area contributed by atoms with Crippen LogP contribution in [0.2, 0.25) is 0 Å². The van der Waals surface area contributed by atoms with E-state index >= 15 is 0 Å². The van der Waals surface area contributed by atoms with Crippen LogP contribution in [0, 0.1) is 0 Å². The fourth-order valence-electron chi connectivity index (χ4n) is 2.21. The van der Waals surface area contributed by atoms with Gasteiger partial charge in [-0.1, -0.05) is 0 Å². The lowest BCUT2D eigenvalue weighted by atomic mass is 10.1. The van der Waals surface area contributed by atoms with Gasteiger partial charge in [0.05, 0.1) is 31.9 Å². The molecular weight excluding hydrogens is 294 g/mol. The van der Waals surface area contributed by atoms with E-state index in [-0.39, 0.29) is 24.6 Å². The maximum atomic E-state index is 13.0. The van der Waals surface area contributed by atoms with Crippen LogP contribution in [0.15, 0.2) is 0 Å². The molecule has 0 aromatic carbocycles. The number of nitrogens with one attached hydrogen (secondary N) is 2. The second kappa shape index (κ2) is 7.49. The highest BCUT2D eigenvalue weighted by Crippen LogP contribution is 2.25. The minimum absolute atomic E-state index is 0. The van der Waals surface area contributed by atoms with Crippen LogP contribution in [-0.2, 0) is 14.3 Å². The summed E-state index contributed by atoms with van der Waals surface area (Å²) in [7, 11) is 0. The fraction of sp³-hybridized carbons (Fsp3) is 0.917. The van der Waals surface area contributed by atoms with Crippen LogP contribution in [0.4, 0.5) is 8.78 Å². The van der Waals surface area contributed by atoms with Gasteiger partial charge in [0.1, 0.15) is 0 Å². The van der Waals surface area contributed by atoms with Crippen molar-refractivity contribution in [2.24, 2.45) is 0 Å². The molecule has 20 heavy (non-hydrogen) atoms. The van der Waals surface area contributed by atoms with Crippen LogP contribution < -0.4 is 10.6 Å². The molecule has 0 bridgehead atoms. The standard InChI is InChI=1S/C12H20F2N2O3.ClH/c1-8(5-19-9-2-3-18-6-9)16-11(17)10-4-12(13,14)7-15-10;/h8-10,15H,2-7H2,1H3,(H,16,17);1H. The molecule has 0 aromatic rings. The number of hydrogen-bond acceptors (Lipinski definition) is 4. The Morgan fingerprint density at radius 3 is 2.90 bits per heavy atom. The van der Waals surface area contributed by atoms with E-state index in [4.69, 9.17) is 9.47 Å². The Labute approximate surface area is 123 Å². The Morgan fingerprint density at radius 2 is 2.35 bits per heavy atom. The van der Waals surface area contributed by atoms with Crippen LogP contribution in [0.1, 0.15) is 19.8 Å². The molecule has 8 heteroatoms. The minimum Gasteiger partial charge on any atom is -0.379 e. The van der Waals surface area contributed by atoms with Crippen molar-refractivity contribution in [1.82, 2.24) is 10.6 Å². The van der Waals surface area contributed by atoms with E-state index in [1.54, 1.807) is 6.92 Å². The fourth-order valence-corrected chi connectivity index (χ4v) is 2.21. The number of hydrogen-bond donors (Lipinski definition) is 2. The van der Waals surface area contributed by atoms with Crippen molar-refractivity contribution in [2.75, 3.05) is 26.4 Å². The maximum absolute atomic E-state index is 13.0. The lowest BCUT2D eigenvalue weighted by Gasteiger charge is -2.19. The zero-order valence-corrected chi connectivity index (χ0v) is 12.2. The summed E-state index contributed by atoms with van der Waals surface area (Å²) in [6, 6.07) is -1.02. The Hall–Kier alpha value is -0.500. The van der Waals surface area contributed by atoms with Crippen molar-refractivity contribution in [2.45, 2.75) is 43.9 Å². The predicted octanol–water partition coefficient (Wildman–Crippen LogP) is 0.716. The summed E-state index contributed by atoms with van der Waals surface area (Å²) in [5.74, 6) is -3.18. The Bertz CT molecular complexity index is 328. The first-order valence-electron chi connectivity index (χ1n) is 6.57. The highest BCUT2D eigenvalue weighted by Gasteiger charge is 2.42. The molecule has 2 fully saturated rings. The van der Waals surface area contributed by atoms with Gasteiger partial charge in [-0.3, -0.25) is 10.1 Å². The molecule has 2 aliphatic heterocycles. The van der Waals surface area contributed by atoms with Crippen molar-refractivity contribution in [3.8, 4) is 0 Å². The predicted molar refractivity (Wildman–Crippen MR) is 71.4 cm³/mol. The third-order valence-electron chi connectivity index (χ3n) is 3.28. The molecule has 0 saturated carbocycles. The number of carbonyl (C=O) groups excluding carboxylic acids is 1. The van der Waals surface area contributed by atoms with Crippen LogP contribution >= 0.6 is 12.4 Å². The number of amides is 1. The van der Waals surface area contributed by atoms with Crippen LogP contribution in [-0.4, -0.2) is 56.4 Å². The Morgan fingerprint density at radius 1 is 1.60 bits per heavy atom. The van der Waals surface area contributed by atoms with Gasteiger partial charge in [0.2, 0.25) is 5.91 Å². The number of carbonyl (C=O) groups is 1. The van der Waals surface area contributed by atoms with E-state index in [1.807, 2.05) is 0 Å². The molecule has 1 amide bonds. The topological polar surface area (TPSA) is 59.6 Å². The summed E-state index contributed by atoms with van der Waals surface area (Å²) in [6.45, 7) is 3.00. The molecule has 2 heterocycles. The second-order valence-corrected chi connectivity index (χ2v) is 5.22. The van der Waals surface area contributed by atoms with Gasteiger partial charge in [0.25, 0.3) is 5.92 Å². The highest BCUT2D eigenvalue weighted by atomic mass is 35.5. The molecule has 2 rings (SSSR count). The van der Waals surface area contributed by atoms with E-state index in [2.05, 4.69) is 10.6 Å². The molecule has 0 spiro atoms. The molecule has 5 nitrogen and oxygen atoms in total. The SMILES string of the molecule is CC(COC1CCOC1)NC(=O)C1CC(F)(F)CN1.Cl. The maximum Gasteiger partial charge on any atom is 0.262 e. The van der Waals surface area contributed by atoms with Gasteiger partial charge in [-0.2, -0.15) is 0 Å². The van der Waals surface area contributed by atoms with E-state index in [1.165, 1.54) is 0 Å². The zero-order valence-electron chi connectivity index (χ0n) is 11.4. The van der Waals surface area contributed by atoms with Crippen molar-refractivity contribution in [3.05, 3.63) is 0 Å². The van der Waals surface area contributed by atoms with Gasteiger partial charge in [0.15, 0.2) is 0 Å². The zero-order chi connectivity index (χ0) is 13.9. The molecule has 2 aliphatic rings. The summed E-state index contributed by atoms with van der Waals surface area (Å²) in [6.07, 6.45) is 0.494. The smallest absolute Gasteiger partial charge is 0.262 e. The summed E-state index contributed by atoms with van der Waals surface area (Å²) in [5.41, 5.74) is 0. The van der Waals surface area contributed by atoms with E-state index in [0.29, 0.717) is 19.8 Å². The summed E-state index contributed by atoms with van der Waals surface area (Å²) < 4.78 is 36.7. The Balaban J connectivity index is 0.00000200. The van der Waals surface area contributed by atoms with E-state index in [9.17, 15) is 13.6 Å². The Kier molecular flexibility index (Phi) is 6.57. The van der Waals surface area contributed by atoms with Gasteiger partial charge in [-0.05, 0) is 13.3 Å². The monoisotopic (exact) mass is 314 g/mol. The number of halogens is 3. The van der Waals surface area contributed by atoms with Crippen LogP contribution in [0.3, 0.4) is 0 Å². The van der Waals surface area contributed by atoms with E-state index < -0.39 is 30.8 Å². The van der Waals surface area contributed by atoms with Gasteiger partial charge < -0.3 is 14.8 Å². The minimum atomic E-state index is -2.79. The molecule has 3 unspecified atom stereocenters. The largest absolute Gasteiger partial charge is 0.379 e. The molecule has 118 valence electrons. The third-order valence-corrected chi connectivity index (χ3v) is 3.28. The van der Waals surface area contributed by atoms with Gasteiger partial charge in [-0.15, -0.1) is 12.4 Å². The molecule has 2 N–H and O–H groups in total. The molecular formula is C12H21ClF2N2O3. The molecule has 0 aliphatic carbocycles. The average Bonchev–Trinajstić information content (AvgIpc) is 2.95. The van der Waals surface area contributed by atoms with Gasteiger partial charge >= 0.3 is 0 Å². The molecule has 3 atom stereocenters. The quantitative estimate of drug-likeness (QED) is 0.785. The van der Waals surface area contributed by atoms with Crippen molar-refractivity contribution in [1.29, 1.82) is 0 Å². The summed E-state index contributed by atoms with van der Waals surface area (Å²) >= 11 is 0. The molecule has 2 saturated heterocycles. The van der Waals surface area contributed by atoms with E-state index in [0.717, 1.165) is 6.42 Å². The first-order valence-corrected chi connectivity index (χ1v) is 6.57. The van der Waals surface area contributed by atoms with Crippen molar-refractivity contribution < 1.29 is 23.0 Å². The first-order chi connectivity index (χ1) is 8.96. The third kappa shape index (κ3) is 5.12. The first kappa shape index (κ1) is 17.6. The average molecular weight is 315 g/mol. The normalized spacial score (nSPS) is 29.8. The van der Waals surface area contributed by atoms with Crippen molar-refractivity contribution >= 4 is 18.3 Å². The number of ether oxygens (including phenoxy) is 2.